The predicted molar refractivity (Wildman–Crippen MR) is 148 cm³/mol. The van der Waals surface area contributed by atoms with E-state index in [9.17, 15) is 24.5 Å². The molecule has 2 heterocycles. The van der Waals surface area contributed by atoms with Crippen molar-refractivity contribution in [3.63, 3.8) is 0 Å². The summed E-state index contributed by atoms with van der Waals surface area (Å²) in [4.78, 5) is 51.1. The van der Waals surface area contributed by atoms with Crippen LogP contribution in [0.4, 0.5) is 10.5 Å². The Morgan fingerprint density at radius 1 is 1.14 bits per heavy atom. The van der Waals surface area contributed by atoms with Gasteiger partial charge in [-0.1, -0.05) is 12.1 Å². The number of rotatable bonds is 7. The molecule has 0 bridgehead atoms. The van der Waals surface area contributed by atoms with Crippen LogP contribution in [0.25, 0.3) is 6.08 Å². The first-order valence-corrected chi connectivity index (χ1v) is 13.6. The van der Waals surface area contributed by atoms with Gasteiger partial charge >= 0.3 is 0 Å². The largest absolute Gasteiger partial charge is 0.487 e. The van der Waals surface area contributed by atoms with Crippen molar-refractivity contribution in [2.45, 2.75) is 19.4 Å². The van der Waals surface area contributed by atoms with E-state index in [0.29, 0.717) is 24.4 Å². The molecule has 2 aliphatic heterocycles. The molecule has 35 heavy (non-hydrogen) atoms. The number of benzene rings is 2. The topological polar surface area (TPSA) is 110 Å². The number of imide groups is 1. The third-order valence-electron chi connectivity index (χ3n) is 5.45. The maximum atomic E-state index is 12.8. The van der Waals surface area contributed by atoms with E-state index in [0.717, 1.165) is 42.2 Å². The van der Waals surface area contributed by atoms with Crippen molar-refractivity contribution >= 4 is 85.8 Å². The number of halogens is 2. The number of nitro groups is 1. The molecular formula is C23H19I2N3O6S. The molecule has 0 saturated carbocycles. The lowest BCUT2D eigenvalue weighted by Gasteiger charge is -2.18. The summed E-state index contributed by atoms with van der Waals surface area (Å²) in [6.07, 6.45) is 3.52. The van der Waals surface area contributed by atoms with Crippen molar-refractivity contribution in [1.29, 1.82) is 0 Å². The van der Waals surface area contributed by atoms with Crippen molar-refractivity contribution in [2.75, 3.05) is 19.6 Å². The van der Waals surface area contributed by atoms with E-state index < -0.39 is 16.1 Å². The minimum absolute atomic E-state index is 0.00178. The molecule has 182 valence electrons. The molecule has 0 unspecified atom stereocenters. The predicted octanol–water partition coefficient (Wildman–Crippen LogP) is 5.04. The second-order valence-electron chi connectivity index (χ2n) is 7.89. The van der Waals surface area contributed by atoms with E-state index in [1.807, 2.05) is 12.1 Å². The number of nitrogens with zero attached hydrogens (tertiary/aromatic N) is 3. The molecule has 2 aliphatic rings. The minimum Gasteiger partial charge on any atom is -0.487 e. The Labute approximate surface area is 232 Å². The number of amides is 3. The van der Waals surface area contributed by atoms with Gasteiger partial charge in [-0.25, -0.2) is 0 Å². The highest BCUT2D eigenvalue weighted by atomic mass is 127. The number of hydrogen-bond donors (Lipinski definition) is 0. The van der Waals surface area contributed by atoms with E-state index in [2.05, 4.69) is 45.2 Å². The fourth-order valence-electron chi connectivity index (χ4n) is 3.71. The van der Waals surface area contributed by atoms with Crippen molar-refractivity contribution in [3.05, 3.63) is 69.7 Å². The van der Waals surface area contributed by atoms with Crippen molar-refractivity contribution < 1.29 is 24.0 Å². The van der Waals surface area contributed by atoms with Crippen LogP contribution in [0.3, 0.4) is 0 Å². The van der Waals surface area contributed by atoms with E-state index in [4.69, 9.17) is 4.74 Å². The van der Waals surface area contributed by atoms with E-state index in [1.165, 1.54) is 12.1 Å². The van der Waals surface area contributed by atoms with Gasteiger partial charge in [-0.3, -0.25) is 29.4 Å². The van der Waals surface area contributed by atoms with Crippen molar-refractivity contribution in [2.24, 2.45) is 0 Å². The SMILES string of the molecule is O=C(CN1C(=O)S/C(=C/c2cc(I)c(OCc3cccc([N+](=O)[O-])c3)c(I)c2)C1=O)N1CCCC1. The van der Waals surface area contributed by atoms with Crippen LogP contribution in [-0.2, 0) is 16.2 Å². The van der Waals surface area contributed by atoms with Crippen LogP contribution < -0.4 is 4.74 Å². The van der Waals surface area contributed by atoms with Crippen LogP contribution in [0.15, 0.2) is 41.3 Å². The van der Waals surface area contributed by atoms with Gasteiger partial charge in [0, 0.05) is 25.2 Å². The number of likely N-dealkylation sites (tertiary alicyclic amines) is 1. The Morgan fingerprint density at radius 2 is 1.83 bits per heavy atom. The number of ether oxygens (including phenoxy) is 1. The van der Waals surface area contributed by atoms with Gasteiger partial charge in [0.15, 0.2) is 0 Å². The van der Waals surface area contributed by atoms with Crippen molar-refractivity contribution in [1.82, 2.24) is 9.80 Å². The maximum absolute atomic E-state index is 12.8. The standard InChI is InChI=1S/C23H19I2N3O6S/c24-17-9-15(10-18(25)21(17)34-13-14-4-3-5-16(8-14)28(32)33)11-19-22(30)27(23(31)35-19)12-20(29)26-6-1-2-7-26/h3-5,8-11H,1-2,6-7,12-13H2/b19-11+. The van der Waals surface area contributed by atoms with Crippen LogP contribution in [0.5, 0.6) is 5.75 Å². The van der Waals surface area contributed by atoms with Gasteiger partial charge in [0.05, 0.1) is 17.0 Å². The maximum Gasteiger partial charge on any atom is 0.294 e. The molecule has 0 radical (unpaired) electrons. The first-order chi connectivity index (χ1) is 16.7. The number of carbonyl (C=O) groups excluding carboxylic acids is 3. The van der Waals surface area contributed by atoms with Gasteiger partial charge in [-0.15, -0.1) is 0 Å². The number of thioether (sulfide) groups is 1. The summed E-state index contributed by atoms with van der Waals surface area (Å²) in [5.74, 6) is -0.0527. The molecule has 2 saturated heterocycles. The zero-order chi connectivity index (χ0) is 25.1. The fourth-order valence-corrected chi connectivity index (χ4v) is 6.67. The quantitative estimate of drug-likeness (QED) is 0.171. The third-order valence-corrected chi connectivity index (χ3v) is 7.96. The van der Waals surface area contributed by atoms with Crippen LogP contribution in [0.1, 0.15) is 24.0 Å². The number of non-ortho nitro benzene ring substituents is 1. The molecule has 3 amide bonds. The summed E-state index contributed by atoms with van der Waals surface area (Å²) < 4.78 is 7.50. The Kier molecular flexibility index (Phi) is 8.31. The van der Waals surface area contributed by atoms with Gasteiger partial charge in [0.25, 0.3) is 16.8 Å². The number of hydrogen-bond acceptors (Lipinski definition) is 7. The molecular weight excluding hydrogens is 700 g/mol. The average molecular weight is 719 g/mol. The molecule has 0 aromatic heterocycles. The first-order valence-electron chi connectivity index (χ1n) is 10.6. The van der Waals surface area contributed by atoms with E-state index >= 15 is 0 Å². The summed E-state index contributed by atoms with van der Waals surface area (Å²) >= 11 is 5.07. The molecule has 0 atom stereocenters. The normalized spacial score (nSPS) is 16.9. The Morgan fingerprint density at radius 3 is 2.49 bits per heavy atom. The first kappa shape index (κ1) is 25.9. The molecule has 2 aromatic rings. The molecule has 2 aromatic carbocycles. The lowest BCUT2D eigenvalue weighted by Crippen LogP contribution is -2.40. The third kappa shape index (κ3) is 6.14. The summed E-state index contributed by atoms with van der Waals surface area (Å²) in [7, 11) is 0. The monoisotopic (exact) mass is 719 g/mol. The highest BCUT2D eigenvalue weighted by Gasteiger charge is 2.37. The Balaban J connectivity index is 1.46. The Hall–Kier alpha value is -2.20. The lowest BCUT2D eigenvalue weighted by molar-refractivity contribution is -0.384. The molecule has 0 spiro atoms. The van der Waals surface area contributed by atoms with Gasteiger partial charge in [-0.05, 0) is 99.1 Å². The molecule has 0 N–H and O–H groups in total. The van der Waals surface area contributed by atoms with Crippen LogP contribution >= 0.6 is 56.9 Å². The second kappa shape index (κ2) is 11.2. The van der Waals surface area contributed by atoms with Crippen LogP contribution in [-0.4, -0.2) is 51.4 Å². The lowest BCUT2D eigenvalue weighted by atomic mass is 10.2. The zero-order valence-electron chi connectivity index (χ0n) is 18.2. The summed E-state index contributed by atoms with van der Waals surface area (Å²) in [6.45, 7) is 1.26. The van der Waals surface area contributed by atoms with E-state index in [-0.39, 0.29) is 29.7 Å². The van der Waals surface area contributed by atoms with Crippen molar-refractivity contribution in [3.8, 4) is 5.75 Å². The van der Waals surface area contributed by atoms with Gasteiger partial charge < -0.3 is 9.64 Å². The average Bonchev–Trinajstić information content (AvgIpc) is 3.44. The van der Waals surface area contributed by atoms with Gasteiger partial charge in [-0.2, -0.15) is 0 Å². The number of carbonyl (C=O) groups is 3. The smallest absolute Gasteiger partial charge is 0.294 e. The van der Waals surface area contributed by atoms with Crippen LogP contribution in [0.2, 0.25) is 0 Å². The van der Waals surface area contributed by atoms with Gasteiger partial charge in [0.2, 0.25) is 5.91 Å². The molecule has 2 fully saturated rings. The summed E-state index contributed by atoms with van der Waals surface area (Å²) in [5, 5.41) is 10.5. The van der Waals surface area contributed by atoms with E-state index in [1.54, 1.807) is 23.1 Å². The molecule has 12 heteroatoms. The summed E-state index contributed by atoms with van der Waals surface area (Å²) in [6, 6.07) is 9.92. The molecule has 9 nitrogen and oxygen atoms in total. The number of nitro benzene ring substituents is 1. The second-order valence-corrected chi connectivity index (χ2v) is 11.2. The molecule has 4 rings (SSSR count). The summed E-state index contributed by atoms with van der Waals surface area (Å²) in [5.41, 5.74) is 1.40. The fraction of sp³-hybridized carbons (Fsp3) is 0.261. The Bertz CT molecular complexity index is 1220. The van der Waals surface area contributed by atoms with Gasteiger partial charge in [0.1, 0.15) is 18.9 Å². The van der Waals surface area contributed by atoms with Crippen LogP contribution in [0, 0.1) is 17.3 Å². The minimum atomic E-state index is -0.469. The zero-order valence-corrected chi connectivity index (χ0v) is 23.4. The highest BCUT2D eigenvalue weighted by molar-refractivity contribution is 14.1. The highest BCUT2D eigenvalue weighted by Crippen LogP contribution is 2.35. The molecule has 0 aliphatic carbocycles.